The number of hydrogen-bond acceptors (Lipinski definition) is 3. The molecule has 0 saturated heterocycles. The Hall–Kier alpha value is -2.37. The van der Waals surface area contributed by atoms with Gasteiger partial charge in [0.05, 0.1) is 11.3 Å². The molecule has 1 heterocycles. The van der Waals surface area contributed by atoms with Crippen molar-refractivity contribution in [3.8, 4) is 5.75 Å². The number of rotatable bonds is 4. The van der Waals surface area contributed by atoms with Gasteiger partial charge in [-0.3, -0.25) is 9.48 Å². The van der Waals surface area contributed by atoms with Gasteiger partial charge in [-0.15, -0.1) is 0 Å². The van der Waals surface area contributed by atoms with E-state index in [1.807, 2.05) is 27.1 Å². The average Bonchev–Trinajstić information content (AvgIpc) is 2.79. The van der Waals surface area contributed by atoms with Crippen LogP contribution in [0.15, 0.2) is 24.4 Å². The lowest BCUT2D eigenvalue weighted by molar-refractivity contribution is 0.0780. The summed E-state index contributed by atoms with van der Waals surface area (Å²) in [6.07, 6.45) is 1.87. The van der Waals surface area contributed by atoms with E-state index >= 15 is 0 Å². The van der Waals surface area contributed by atoms with Gasteiger partial charge in [-0.05, 0) is 18.1 Å². The van der Waals surface area contributed by atoms with Crippen molar-refractivity contribution < 1.29 is 14.3 Å². The van der Waals surface area contributed by atoms with Gasteiger partial charge >= 0.3 is 0 Å². The first-order valence-corrected chi connectivity index (χ1v) is 7.06. The van der Waals surface area contributed by atoms with Crippen LogP contribution < -0.4 is 0 Å². The molecule has 6 heteroatoms. The fourth-order valence-electron chi connectivity index (χ4n) is 2.37. The molecule has 1 amide bonds. The molecule has 0 aliphatic rings. The summed E-state index contributed by atoms with van der Waals surface area (Å²) in [6, 6.07) is 3.52. The third kappa shape index (κ3) is 3.27. The van der Waals surface area contributed by atoms with E-state index in [2.05, 4.69) is 5.10 Å². The van der Waals surface area contributed by atoms with Crippen molar-refractivity contribution in [2.45, 2.75) is 26.3 Å². The maximum Gasteiger partial charge on any atom is 0.256 e. The Morgan fingerprint density at radius 3 is 2.73 bits per heavy atom. The third-order valence-electron chi connectivity index (χ3n) is 3.42. The standard InChI is InChI=1S/C16H20FN3O2/c1-10(2)15-11(9-20(4)18-15)8-19(3)16(22)13-6-5-12(21)7-14(13)17/h5-7,9-10,21H,8H2,1-4H3. The molecule has 2 rings (SSSR count). The molecule has 0 saturated carbocycles. The molecule has 2 aromatic rings. The molecule has 0 unspecified atom stereocenters. The highest BCUT2D eigenvalue weighted by Crippen LogP contribution is 2.21. The molecule has 0 spiro atoms. The van der Waals surface area contributed by atoms with Crippen molar-refractivity contribution >= 4 is 5.91 Å². The maximum atomic E-state index is 13.8. The van der Waals surface area contributed by atoms with Gasteiger partial charge in [0, 0.05) is 38.5 Å². The second kappa shape index (κ2) is 6.17. The van der Waals surface area contributed by atoms with Crippen molar-refractivity contribution in [2.24, 2.45) is 7.05 Å². The van der Waals surface area contributed by atoms with E-state index in [4.69, 9.17) is 0 Å². The van der Waals surface area contributed by atoms with E-state index in [1.165, 1.54) is 17.0 Å². The van der Waals surface area contributed by atoms with Gasteiger partial charge in [-0.25, -0.2) is 4.39 Å². The van der Waals surface area contributed by atoms with E-state index < -0.39 is 11.7 Å². The lowest BCUT2D eigenvalue weighted by Crippen LogP contribution is -2.27. The Bertz CT molecular complexity index is 695. The summed E-state index contributed by atoms with van der Waals surface area (Å²) in [7, 11) is 3.45. The van der Waals surface area contributed by atoms with Crippen molar-refractivity contribution in [3.05, 3.63) is 47.0 Å². The number of carbonyl (C=O) groups excluding carboxylic acids is 1. The Morgan fingerprint density at radius 2 is 2.14 bits per heavy atom. The molecule has 0 radical (unpaired) electrons. The minimum Gasteiger partial charge on any atom is -0.508 e. The molecule has 0 bridgehead atoms. The van der Waals surface area contributed by atoms with E-state index in [9.17, 15) is 14.3 Å². The van der Waals surface area contributed by atoms with E-state index in [0.717, 1.165) is 17.3 Å². The minimum atomic E-state index is -0.730. The molecule has 0 aliphatic carbocycles. The highest BCUT2D eigenvalue weighted by Gasteiger charge is 2.19. The van der Waals surface area contributed by atoms with Gasteiger partial charge in [-0.1, -0.05) is 13.8 Å². The van der Waals surface area contributed by atoms with Crippen molar-refractivity contribution in [2.75, 3.05) is 7.05 Å². The van der Waals surface area contributed by atoms with Crippen LogP contribution >= 0.6 is 0 Å². The second-order valence-corrected chi connectivity index (χ2v) is 5.69. The molecule has 0 aliphatic heterocycles. The van der Waals surface area contributed by atoms with Crippen molar-refractivity contribution in [1.29, 1.82) is 0 Å². The number of hydrogen-bond donors (Lipinski definition) is 1. The van der Waals surface area contributed by atoms with Crippen molar-refractivity contribution in [1.82, 2.24) is 14.7 Å². The van der Waals surface area contributed by atoms with Crippen LogP contribution in [0.5, 0.6) is 5.75 Å². The number of amides is 1. The smallest absolute Gasteiger partial charge is 0.256 e. The van der Waals surface area contributed by atoms with Gasteiger partial charge in [0.1, 0.15) is 11.6 Å². The van der Waals surface area contributed by atoms with Crippen LogP contribution in [0, 0.1) is 5.82 Å². The summed E-state index contributed by atoms with van der Waals surface area (Å²) in [5.74, 6) is -1.13. The first-order valence-electron chi connectivity index (χ1n) is 7.06. The summed E-state index contributed by atoms with van der Waals surface area (Å²) < 4.78 is 15.5. The van der Waals surface area contributed by atoms with Crippen molar-refractivity contribution in [3.63, 3.8) is 0 Å². The lowest BCUT2D eigenvalue weighted by atomic mass is 10.1. The molecule has 0 fully saturated rings. The lowest BCUT2D eigenvalue weighted by Gasteiger charge is -2.18. The van der Waals surface area contributed by atoms with Crippen LogP contribution in [-0.4, -0.2) is 32.7 Å². The molecule has 5 nitrogen and oxygen atoms in total. The number of nitrogens with zero attached hydrogens (tertiary/aromatic N) is 3. The predicted molar refractivity (Wildman–Crippen MR) is 81.2 cm³/mol. The topological polar surface area (TPSA) is 58.4 Å². The first-order chi connectivity index (χ1) is 10.3. The highest BCUT2D eigenvalue weighted by atomic mass is 19.1. The normalized spacial score (nSPS) is 11.0. The van der Waals surface area contributed by atoms with Crippen LogP contribution in [0.4, 0.5) is 4.39 Å². The number of aromatic nitrogens is 2. The highest BCUT2D eigenvalue weighted by molar-refractivity contribution is 5.94. The number of benzene rings is 1. The van der Waals surface area contributed by atoms with Gasteiger partial charge in [0.2, 0.25) is 0 Å². The fourth-order valence-corrected chi connectivity index (χ4v) is 2.37. The maximum absolute atomic E-state index is 13.8. The molecule has 22 heavy (non-hydrogen) atoms. The molecule has 1 aromatic heterocycles. The summed E-state index contributed by atoms with van der Waals surface area (Å²) in [4.78, 5) is 13.8. The minimum absolute atomic E-state index is 0.0599. The zero-order valence-electron chi connectivity index (χ0n) is 13.2. The summed E-state index contributed by atoms with van der Waals surface area (Å²) in [5.41, 5.74) is 1.80. The third-order valence-corrected chi connectivity index (χ3v) is 3.42. The van der Waals surface area contributed by atoms with E-state index in [1.54, 1.807) is 11.7 Å². The zero-order valence-corrected chi connectivity index (χ0v) is 13.2. The number of phenols is 1. The number of phenolic OH excluding ortho intramolecular Hbond substituents is 1. The van der Waals surface area contributed by atoms with Gasteiger partial charge in [-0.2, -0.15) is 5.10 Å². The molecular weight excluding hydrogens is 285 g/mol. The Balaban J connectivity index is 2.22. The summed E-state index contributed by atoms with van der Waals surface area (Å²) >= 11 is 0. The number of aromatic hydroxyl groups is 1. The zero-order chi connectivity index (χ0) is 16.4. The molecule has 118 valence electrons. The SMILES string of the molecule is CC(C)c1nn(C)cc1CN(C)C(=O)c1ccc(O)cc1F. The monoisotopic (exact) mass is 305 g/mol. The van der Waals surface area contributed by atoms with E-state index in [-0.39, 0.29) is 17.2 Å². The second-order valence-electron chi connectivity index (χ2n) is 5.69. The first kappa shape index (κ1) is 16.0. The fraction of sp³-hybridized carbons (Fsp3) is 0.375. The Kier molecular flexibility index (Phi) is 4.49. The van der Waals surface area contributed by atoms with Gasteiger partial charge in [0.15, 0.2) is 0 Å². The Morgan fingerprint density at radius 1 is 1.45 bits per heavy atom. The van der Waals surface area contributed by atoms with Gasteiger partial charge in [0.25, 0.3) is 5.91 Å². The number of halogens is 1. The molecule has 0 atom stereocenters. The van der Waals surface area contributed by atoms with Crippen LogP contribution in [0.25, 0.3) is 0 Å². The average molecular weight is 305 g/mol. The van der Waals surface area contributed by atoms with E-state index in [0.29, 0.717) is 6.54 Å². The molecule has 1 aromatic carbocycles. The number of aryl methyl sites for hydroxylation is 1. The van der Waals surface area contributed by atoms with Crippen LogP contribution in [0.2, 0.25) is 0 Å². The predicted octanol–water partition coefficient (Wildman–Crippen LogP) is 2.66. The summed E-state index contributed by atoms with van der Waals surface area (Å²) in [6.45, 7) is 4.42. The van der Waals surface area contributed by atoms with Crippen LogP contribution in [-0.2, 0) is 13.6 Å². The van der Waals surface area contributed by atoms with Gasteiger partial charge < -0.3 is 10.0 Å². The summed E-state index contributed by atoms with van der Waals surface area (Å²) in [5, 5.41) is 13.6. The largest absolute Gasteiger partial charge is 0.508 e. The molecular formula is C16H20FN3O2. The van der Waals surface area contributed by atoms with Crippen LogP contribution in [0.3, 0.4) is 0 Å². The number of carbonyl (C=O) groups is 1. The molecule has 1 N–H and O–H groups in total. The quantitative estimate of drug-likeness (QED) is 0.944. The Labute approximate surface area is 129 Å². The van der Waals surface area contributed by atoms with Crippen LogP contribution in [0.1, 0.15) is 41.4 Å².